The van der Waals surface area contributed by atoms with Gasteiger partial charge >= 0.3 is 0 Å². The molecule has 0 unspecified atom stereocenters. The zero-order valence-corrected chi connectivity index (χ0v) is 31.0. The molecule has 0 saturated carbocycles. The molecule has 0 aliphatic rings. The minimum absolute atomic E-state index is 0.699. The SMILES string of the molecule is c1ccc(-c2ccc(-c3ccc(-c4ccc5sc6cccc(-c7nc(-c8ccccc8)cc(-c8cccc9oc%10ccccc%10c89)n7)c6c5c4)cc3)cc2)cc1. The molecule has 3 aromatic heterocycles. The smallest absolute Gasteiger partial charge is 0.161 e. The van der Waals surface area contributed by atoms with E-state index < -0.39 is 0 Å². The topological polar surface area (TPSA) is 38.9 Å². The minimum Gasteiger partial charge on any atom is -0.456 e. The fourth-order valence-corrected chi connectivity index (χ4v) is 9.10. The van der Waals surface area contributed by atoms with Gasteiger partial charge < -0.3 is 4.42 Å². The predicted molar refractivity (Wildman–Crippen MR) is 235 cm³/mol. The summed E-state index contributed by atoms with van der Waals surface area (Å²) in [5.41, 5.74) is 13.7. The highest BCUT2D eigenvalue weighted by atomic mass is 32.1. The molecule has 11 aromatic rings. The fraction of sp³-hybridized carbons (Fsp3) is 0. The summed E-state index contributed by atoms with van der Waals surface area (Å²) in [5.74, 6) is 0.699. The van der Waals surface area contributed by atoms with Gasteiger partial charge in [-0.1, -0.05) is 158 Å². The maximum atomic E-state index is 6.29. The molecule has 11 rings (SSSR count). The van der Waals surface area contributed by atoms with Crippen LogP contribution in [0.5, 0.6) is 0 Å². The highest BCUT2D eigenvalue weighted by Crippen LogP contribution is 2.43. The molecule has 0 bridgehead atoms. The first-order chi connectivity index (χ1) is 27.7. The van der Waals surface area contributed by atoms with Gasteiger partial charge in [0.05, 0.1) is 11.4 Å². The molecule has 0 atom stereocenters. The normalized spacial score (nSPS) is 11.6. The summed E-state index contributed by atoms with van der Waals surface area (Å²) >= 11 is 1.81. The first-order valence-corrected chi connectivity index (χ1v) is 19.6. The molecule has 56 heavy (non-hydrogen) atoms. The highest BCUT2D eigenvalue weighted by Gasteiger charge is 2.19. The van der Waals surface area contributed by atoms with E-state index in [1.807, 2.05) is 41.7 Å². The van der Waals surface area contributed by atoms with Crippen LogP contribution in [-0.4, -0.2) is 9.97 Å². The summed E-state index contributed by atoms with van der Waals surface area (Å²) in [5, 5.41) is 4.52. The molecular weight excluding hydrogens is 701 g/mol. The Hall–Kier alpha value is -7.14. The zero-order valence-electron chi connectivity index (χ0n) is 30.2. The van der Waals surface area contributed by atoms with Crippen LogP contribution in [0.3, 0.4) is 0 Å². The molecule has 0 fully saturated rings. The molecule has 0 aliphatic heterocycles. The lowest BCUT2D eigenvalue weighted by Crippen LogP contribution is -1.96. The lowest BCUT2D eigenvalue weighted by Gasteiger charge is -2.11. The molecule has 0 aliphatic carbocycles. The number of furan rings is 1. The largest absolute Gasteiger partial charge is 0.456 e. The Labute approximate surface area is 327 Å². The van der Waals surface area contributed by atoms with Gasteiger partial charge in [-0.2, -0.15) is 0 Å². The Morgan fingerprint density at radius 2 is 0.893 bits per heavy atom. The van der Waals surface area contributed by atoms with Crippen molar-refractivity contribution >= 4 is 53.4 Å². The Kier molecular flexibility index (Phi) is 7.68. The summed E-state index contributed by atoms with van der Waals surface area (Å²) in [6, 6.07) is 68.5. The van der Waals surface area contributed by atoms with Crippen molar-refractivity contribution in [1.29, 1.82) is 0 Å². The van der Waals surface area contributed by atoms with Crippen molar-refractivity contribution in [3.63, 3.8) is 0 Å². The third kappa shape index (κ3) is 5.58. The Morgan fingerprint density at radius 1 is 0.339 bits per heavy atom. The molecule has 8 aromatic carbocycles. The van der Waals surface area contributed by atoms with Crippen LogP contribution in [0.25, 0.3) is 109 Å². The number of fused-ring (bicyclic) bond motifs is 6. The van der Waals surface area contributed by atoms with Crippen molar-refractivity contribution in [2.45, 2.75) is 0 Å². The van der Waals surface area contributed by atoms with Gasteiger partial charge in [-0.25, -0.2) is 9.97 Å². The molecule has 0 radical (unpaired) electrons. The monoisotopic (exact) mass is 732 g/mol. The minimum atomic E-state index is 0.699. The first-order valence-electron chi connectivity index (χ1n) is 18.8. The fourth-order valence-electron chi connectivity index (χ4n) is 7.98. The van der Waals surface area contributed by atoms with Gasteiger partial charge in [-0.15, -0.1) is 11.3 Å². The Balaban J connectivity index is 1.03. The second-order valence-electron chi connectivity index (χ2n) is 14.1. The molecule has 0 spiro atoms. The van der Waals surface area contributed by atoms with Gasteiger partial charge in [0, 0.05) is 47.6 Å². The summed E-state index contributed by atoms with van der Waals surface area (Å²) in [6.45, 7) is 0. The molecular formula is C52H32N2OS. The molecule has 0 saturated heterocycles. The lowest BCUT2D eigenvalue weighted by atomic mass is 9.97. The van der Waals surface area contributed by atoms with Crippen LogP contribution in [0.15, 0.2) is 199 Å². The van der Waals surface area contributed by atoms with Crippen LogP contribution < -0.4 is 0 Å². The van der Waals surface area contributed by atoms with Crippen molar-refractivity contribution in [3.8, 4) is 67.3 Å². The van der Waals surface area contributed by atoms with Gasteiger partial charge in [-0.3, -0.25) is 0 Å². The maximum absolute atomic E-state index is 6.29. The maximum Gasteiger partial charge on any atom is 0.161 e. The van der Waals surface area contributed by atoms with Gasteiger partial charge in [0.25, 0.3) is 0 Å². The van der Waals surface area contributed by atoms with Gasteiger partial charge in [-0.05, 0) is 69.8 Å². The van der Waals surface area contributed by atoms with Crippen molar-refractivity contribution in [2.24, 2.45) is 0 Å². The van der Waals surface area contributed by atoms with Gasteiger partial charge in [0.1, 0.15) is 11.2 Å². The van der Waals surface area contributed by atoms with E-state index in [1.54, 1.807) is 0 Å². The molecule has 4 heteroatoms. The number of benzene rings is 8. The van der Waals surface area contributed by atoms with Crippen molar-refractivity contribution in [1.82, 2.24) is 9.97 Å². The number of rotatable bonds is 6. The lowest BCUT2D eigenvalue weighted by molar-refractivity contribution is 0.669. The van der Waals surface area contributed by atoms with Crippen molar-refractivity contribution in [3.05, 3.63) is 194 Å². The van der Waals surface area contributed by atoms with E-state index in [1.165, 1.54) is 53.6 Å². The summed E-state index contributed by atoms with van der Waals surface area (Å²) in [4.78, 5) is 10.6. The average molecular weight is 733 g/mol. The van der Waals surface area contributed by atoms with E-state index in [4.69, 9.17) is 14.4 Å². The number of aromatic nitrogens is 2. The number of thiophene rings is 1. The van der Waals surface area contributed by atoms with E-state index in [0.29, 0.717) is 5.82 Å². The highest BCUT2D eigenvalue weighted by molar-refractivity contribution is 7.26. The third-order valence-corrected chi connectivity index (χ3v) is 11.9. The van der Waals surface area contributed by atoms with E-state index in [2.05, 4.69) is 164 Å². The van der Waals surface area contributed by atoms with Crippen LogP contribution in [0, 0.1) is 0 Å². The number of nitrogens with zero attached hydrogens (tertiary/aromatic N) is 2. The summed E-state index contributed by atoms with van der Waals surface area (Å²) < 4.78 is 8.74. The van der Waals surface area contributed by atoms with E-state index in [-0.39, 0.29) is 0 Å². The second kappa shape index (κ2) is 13.3. The molecule has 3 nitrogen and oxygen atoms in total. The average Bonchev–Trinajstić information content (AvgIpc) is 3.85. The van der Waals surface area contributed by atoms with Crippen LogP contribution in [0.2, 0.25) is 0 Å². The van der Waals surface area contributed by atoms with Crippen LogP contribution in [0.1, 0.15) is 0 Å². The molecule has 0 N–H and O–H groups in total. The van der Waals surface area contributed by atoms with E-state index >= 15 is 0 Å². The molecule has 0 amide bonds. The van der Waals surface area contributed by atoms with Crippen LogP contribution in [0.4, 0.5) is 0 Å². The molecule has 3 heterocycles. The molecule has 262 valence electrons. The number of para-hydroxylation sites is 1. The standard InChI is InChI=1S/C52H32N2OS/c1-3-11-33(12-4-1)34-21-23-35(24-22-34)36-25-27-37(28-26-36)39-29-30-48-43(31-39)51-42(17-10-20-49(51)56-48)52-53-44(38-13-5-2-6-14-38)32-45(54-52)40-16-9-19-47-50(40)41-15-7-8-18-46(41)55-47/h1-32H. The van der Waals surface area contributed by atoms with E-state index in [9.17, 15) is 0 Å². The zero-order chi connectivity index (χ0) is 37.0. The van der Waals surface area contributed by atoms with Crippen LogP contribution in [-0.2, 0) is 0 Å². The van der Waals surface area contributed by atoms with Crippen molar-refractivity contribution < 1.29 is 4.42 Å². The van der Waals surface area contributed by atoms with Gasteiger partial charge in [0.15, 0.2) is 5.82 Å². The predicted octanol–water partition coefficient (Wildman–Crippen LogP) is 14.7. The summed E-state index contributed by atoms with van der Waals surface area (Å²) in [6.07, 6.45) is 0. The van der Waals surface area contributed by atoms with Gasteiger partial charge in [0.2, 0.25) is 0 Å². The Bertz CT molecular complexity index is 3220. The number of hydrogen-bond donors (Lipinski definition) is 0. The second-order valence-corrected chi connectivity index (χ2v) is 15.2. The Morgan fingerprint density at radius 3 is 1.62 bits per heavy atom. The van der Waals surface area contributed by atoms with E-state index in [0.717, 1.165) is 50.0 Å². The van der Waals surface area contributed by atoms with Crippen molar-refractivity contribution in [2.75, 3.05) is 0 Å². The first kappa shape index (κ1) is 32.3. The number of hydrogen-bond acceptors (Lipinski definition) is 4. The summed E-state index contributed by atoms with van der Waals surface area (Å²) in [7, 11) is 0. The third-order valence-electron chi connectivity index (χ3n) is 10.8. The van der Waals surface area contributed by atoms with Crippen LogP contribution >= 0.6 is 11.3 Å². The quantitative estimate of drug-likeness (QED) is 0.171.